The van der Waals surface area contributed by atoms with E-state index in [-0.39, 0.29) is 29.0 Å². The molecule has 3 heteroatoms. The molecule has 0 aromatic heterocycles. The number of carbonyl (C=O) groups excluding carboxylic acids is 1. The van der Waals surface area contributed by atoms with Crippen molar-refractivity contribution in [3.8, 4) is 0 Å². The van der Waals surface area contributed by atoms with Gasteiger partial charge in [0.2, 0.25) is 5.91 Å². The molecule has 3 aliphatic rings. The summed E-state index contributed by atoms with van der Waals surface area (Å²) in [4.78, 5) is 11.0. The van der Waals surface area contributed by atoms with Crippen molar-refractivity contribution in [3.05, 3.63) is 75.9 Å². The van der Waals surface area contributed by atoms with Crippen LogP contribution < -0.4 is 5.32 Å². The fourth-order valence-electron chi connectivity index (χ4n) is 1.75. The molecule has 2 saturated carbocycles. The van der Waals surface area contributed by atoms with Crippen molar-refractivity contribution in [3.63, 3.8) is 0 Å². The Balaban J connectivity index is 0.000000230. The van der Waals surface area contributed by atoms with Crippen LogP contribution in [0.4, 0.5) is 0 Å². The zero-order chi connectivity index (χ0) is 11.9. The minimum atomic E-state index is 0. The first-order valence-electron chi connectivity index (χ1n) is 5.71. The SMILES string of the molecule is O=C1C=CC[C@@H]([C]2[CH][CH][CH][CH]2)N1.[CH]1[CH][CH][CH][CH]1.[Fe+2]. The topological polar surface area (TPSA) is 29.1 Å². The minimum absolute atomic E-state index is 0. The van der Waals surface area contributed by atoms with Crippen molar-refractivity contribution in [2.45, 2.75) is 12.5 Å². The number of amides is 1. The van der Waals surface area contributed by atoms with Gasteiger partial charge < -0.3 is 5.32 Å². The zero-order valence-corrected chi connectivity index (χ0v) is 11.0. The Bertz CT molecular complexity index is 260. The van der Waals surface area contributed by atoms with E-state index in [1.807, 2.05) is 63.9 Å². The standard InChI is InChI=1S/C10H10NO.C5H5.Fe/c12-10-7-3-6-9(11-10)8-4-1-2-5-8;1-2-4-5-3-1;/h1-5,7,9H,6H2,(H,11,12);1-5H;/q;;+2/t9-;;/m0../s1. The maximum atomic E-state index is 11.0. The smallest absolute Gasteiger partial charge is 0.349 e. The summed E-state index contributed by atoms with van der Waals surface area (Å²) in [5.41, 5.74) is 0. The van der Waals surface area contributed by atoms with E-state index in [4.69, 9.17) is 0 Å². The van der Waals surface area contributed by atoms with Crippen molar-refractivity contribution < 1.29 is 21.9 Å². The Morgan fingerprint density at radius 1 is 0.944 bits per heavy atom. The Labute approximate surface area is 121 Å². The van der Waals surface area contributed by atoms with Crippen LogP contribution in [0.25, 0.3) is 0 Å². The summed E-state index contributed by atoms with van der Waals surface area (Å²) in [5.74, 6) is 1.19. The third kappa shape index (κ3) is 5.15. The molecule has 0 saturated heterocycles. The summed E-state index contributed by atoms with van der Waals surface area (Å²) >= 11 is 0. The van der Waals surface area contributed by atoms with E-state index in [9.17, 15) is 4.79 Å². The predicted molar refractivity (Wildman–Crippen MR) is 67.6 cm³/mol. The first-order chi connectivity index (χ1) is 8.36. The van der Waals surface area contributed by atoms with Crippen LogP contribution in [-0.4, -0.2) is 11.9 Å². The molecule has 0 aromatic rings. The van der Waals surface area contributed by atoms with Crippen LogP contribution in [0.15, 0.2) is 12.2 Å². The largest absolute Gasteiger partial charge is 2.00 e. The fraction of sp³-hybridized carbons (Fsp3) is 0.133. The third-order valence-electron chi connectivity index (χ3n) is 2.60. The van der Waals surface area contributed by atoms with Gasteiger partial charge in [0.05, 0.1) is 0 Å². The molecular formula is C15H15FeNO+2. The fourth-order valence-corrected chi connectivity index (χ4v) is 1.75. The second kappa shape index (κ2) is 8.77. The monoisotopic (exact) mass is 281 g/mol. The summed E-state index contributed by atoms with van der Waals surface area (Å²) in [5, 5.41) is 2.89. The molecule has 2 nitrogen and oxygen atoms in total. The van der Waals surface area contributed by atoms with E-state index in [2.05, 4.69) is 5.32 Å². The molecule has 3 rings (SSSR count). The quantitative estimate of drug-likeness (QED) is 0.730. The normalized spacial score (nSPS) is 27.1. The van der Waals surface area contributed by atoms with Gasteiger partial charge in [-0.3, -0.25) is 4.79 Å². The number of hydrogen-bond donors (Lipinski definition) is 1. The molecule has 92 valence electrons. The van der Waals surface area contributed by atoms with Gasteiger partial charge in [-0.15, -0.1) is 0 Å². The molecule has 1 amide bonds. The van der Waals surface area contributed by atoms with Crippen LogP contribution in [0.3, 0.4) is 0 Å². The predicted octanol–water partition coefficient (Wildman–Crippen LogP) is 1.86. The summed E-state index contributed by atoms with van der Waals surface area (Å²) in [6.07, 6.45) is 22.4. The molecule has 0 unspecified atom stereocenters. The third-order valence-corrected chi connectivity index (χ3v) is 2.60. The van der Waals surface area contributed by atoms with Gasteiger partial charge in [0, 0.05) is 12.0 Å². The Kier molecular flexibility index (Phi) is 7.69. The van der Waals surface area contributed by atoms with Crippen LogP contribution in [0.2, 0.25) is 0 Å². The summed E-state index contributed by atoms with van der Waals surface area (Å²) < 4.78 is 0. The molecule has 2 fully saturated rings. The average Bonchev–Trinajstić information content (AvgIpc) is 3.06. The molecule has 10 radical (unpaired) electrons. The van der Waals surface area contributed by atoms with Crippen LogP contribution in [0.5, 0.6) is 0 Å². The van der Waals surface area contributed by atoms with Crippen LogP contribution in [0.1, 0.15) is 6.42 Å². The summed E-state index contributed by atoms with van der Waals surface area (Å²) in [6.45, 7) is 0. The first kappa shape index (κ1) is 15.8. The molecule has 0 aromatic carbocycles. The van der Waals surface area contributed by atoms with Crippen LogP contribution in [0, 0.1) is 63.7 Å². The maximum absolute atomic E-state index is 11.0. The van der Waals surface area contributed by atoms with Gasteiger partial charge in [-0.2, -0.15) is 0 Å². The minimum Gasteiger partial charge on any atom is -0.349 e. The van der Waals surface area contributed by atoms with Gasteiger partial charge in [-0.05, 0) is 70.3 Å². The summed E-state index contributed by atoms with van der Waals surface area (Å²) in [6, 6.07) is 0.178. The van der Waals surface area contributed by atoms with E-state index in [0.717, 1.165) is 6.42 Å². The molecule has 1 atom stereocenters. The number of hydrogen-bond acceptors (Lipinski definition) is 1. The number of nitrogens with one attached hydrogen (secondary N) is 1. The van der Waals surface area contributed by atoms with Crippen LogP contribution in [-0.2, 0) is 21.9 Å². The van der Waals surface area contributed by atoms with Crippen molar-refractivity contribution in [2.24, 2.45) is 0 Å². The molecule has 18 heavy (non-hydrogen) atoms. The van der Waals surface area contributed by atoms with Crippen molar-refractivity contribution >= 4 is 5.91 Å². The van der Waals surface area contributed by atoms with E-state index >= 15 is 0 Å². The van der Waals surface area contributed by atoms with E-state index < -0.39 is 0 Å². The number of rotatable bonds is 1. The molecule has 2 aliphatic carbocycles. The van der Waals surface area contributed by atoms with E-state index in [1.54, 1.807) is 6.08 Å². The Morgan fingerprint density at radius 3 is 2.00 bits per heavy atom. The van der Waals surface area contributed by atoms with Gasteiger partial charge >= 0.3 is 17.1 Å². The second-order valence-electron chi connectivity index (χ2n) is 3.88. The Hall–Kier alpha value is -0.271. The van der Waals surface area contributed by atoms with Gasteiger partial charge in [-0.25, -0.2) is 0 Å². The molecule has 0 spiro atoms. The van der Waals surface area contributed by atoms with Gasteiger partial charge in [0.15, 0.2) is 0 Å². The van der Waals surface area contributed by atoms with E-state index in [0.29, 0.717) is 0 Å². The van der Waals surface area contributed by atoms with Crippen molar-refractivity contribution in [1.82, 2.24) is 5.32 Å². The molecule has 1 heterocycles. The summed E-state index contributed by atoms with van der Waals surface area (Å²) in [7, 11) is 0. The van der Waals surface area contributed by atoms with Crippen LogP contribution >= 0.6 is 0 Å². The molecule has 0 bridgehead atoms. The van der Waals surface area contributed by atoms with Crippen molar-refractivity contribution in [1.29, 1.82) is 0 Å². The zero-order valence-electron chi connectivity index (χ0n) is 9.90. The van der Waals surface area contributed by atoms with Gasteiger partial charge in [0.1, 0.15) is 0 Å². The molecule has 1 aliphatic heterocycles. The van der Waals surface area contributed by atoms with Gasteiger partial charge in [0.25, 0.3) is 0 Å². The van der Waals surface area contributed by atoms with E-state index in [1.165, 1.54) is 5.92 Å². The number of carbonyl (C=O) groups is 1. The van der Waals surface area contributed by atoms with Crippen molar-refractivity contribution in [2.75, 3.05) is 0 Å². The first-order valence-corrected chi connectivity index (χ1v) is 5.71. The second-order valence-corrected chi connectivity index (χ2v) is 3.88. The Morgan fingerprint density at radius 2 is 1.50 bits per heavy atom. The molecular weight excluding hydrogens is 266 g/mol. The molecule has 1 N–H and O–H groups in total. The van der Waals surface area contributed by atoms with Gasteiger partial charge in [-0.1, -0.05) is 6.08 Å². The average molecular weight is 281 g/mol. The maximum Gasteiger partial charge on any atom is 2.00 e.